The topological polar surface area (TPSA) is 41.3 Å². The summed E-state index contributed by atoms with van der Waals surface area (Å²) in [5.41, 5.74) is 6.12. The van der Waals surface area contributed by atoms with Crippen LogP contribution in [0.25, 0.3) is 0 Å². The average Bonchev–Trinajstić information content (AvgIpc) is 2.58. The van der Waals surface area contributed by atoms with Crippen LogP contribution in [0, 0.1) is 0 Å². The van der Waals surface area contributed by atoms with Crippen LogP contribution in [-0.2, 0) is 0 Å². The van der Waals surface area contributed by atoms with Crippen molar-refractivity contribution in [3.8, 4) is 0 Å². The van der Waals surface area contributed by atoms with E-state index in [1.165, 1.54) is 38.8 Å². The number of rotatable bonds is 2. The van der Waals surface area contributed by atoms with E-state index >= 15 is 0 Å². The molecule has 2 aliphatic rings. The van der Waals surface area contributed by atoms with Crippen molar-refractivity contribution in [2.24, 2.45) is 5.73 Å². The lowest BCUT2D eigenvalue weighted by Crippen LogP contribution is -2.58. The predicted molar refractivity (Wildman–Crippen MR) is 54.7 cm³/mol. The van der Waals surface area contributed by atoms with Gasteiger partial charge in [0, 0.05) is 24.7 Å². The van der Waals surface area contributed by atoms with Crippen LogP contribution in [0.15, 0.2) is 0 Å². The van der Waals surface area contributed by atoms with Crippen LogP contribution in [0.3, 0.4) is 0 Å². The van der Waals surface area contributed by atoms with Crippen molar-refractivity contribution >= 4 is 0 Å². The minimum Gasteiger partial charge on any atom is -0.329 e. The van der Waals surface area contributed by atoms with Crippen molar-refractivity contribution in [3.05, 3.63) is 0 Å². The molecule has 3 N–H and O–H groups in total. The molecule has 2 saturated heterocycles. The van der Waals surface area contributed by atoms with Gasteiger partial charge in [-0.3, -0.25) is 4.90 Å². The molecule has 0 aliphatic carbocycles. The van der Waals surface area contributed by atoms with E-state index in [4.69, 9.17) is 5.73 Å². The van der Waals surface area contributed by atoms with Crippen molar-refractivity contribution in [2.45, 2.75) is 37.3 Å². The number of hydrogen-bond donors (Lipinski definition) is 2. The largest absolute Gasteiger partial charge is 0.329 e. The maximum absolute atomic E-state index is 5.90. The maximum atomic E-state index is 5.90. The van der Waals surface area contributed by atoms with E-state index in [9.17, 15) is 0 Å². The fraction of sp³-hybridized carbons (Fsp3) is 1.00. The van der Waals surface area contributed by atoms with Gasteiger partial charge in [0.25, 0.3) is 0 Å². The predicted octanol–water partition coefficient (Wildman–Crippen LogP) is 0.162. The van der Waals surface area contributed by atoms with Crippen LogP contribution in [0.1, 0.15) is 25.7 Å². The summed E-state index contributed by atoms with van der Waals surface area (Å²) in [6, 6.07) is 0.705. The summed E-state index contributed by atoms with van der Waals surface area (Å²) in [7, 11) is 2.06. The highest BCUT2D eigenvalue weighted by Crippen LogP contribution is 2.34. The number of likely N-dealkylation sites (N-methyl/N-ethyl adjacent to an activating group) is 1. The van der Waals surface area contributed by atoms with Gasteiger partial charge >= 0.3 is 0 Å². The van der Waals surface area contributed by atoms with Crippen molar-refractivity contribution in [1.82, 2.24) is 10.2 Å². The molecule has 3 nitrogen and oxygen atoms in total. The van der Waals surface area contributed by atoms with Crippen LogP contribution in [-0.4, -0.2) is 43.2 Å². The fourth-order valence-electron chi connectivity index (χ4n) is 3.03. The van der Waals surface area contributed by atoms with Gasteiger partial charge in [0.1, 0.15) is 0 Å². The zero-order chi connectivity index (χ0) is 9.31. The van der Waals surface area contributed by atoms with Gasteiger partial charge in [0.05, 0.1) is 0 Å². The normalized spacial score (nSPS) is 40.6. The van der Waals surface area contributed by atoms with E-state index in [1.54, 1.807) is 0 Å². The molecule has 2 rings (SSSR count). The Morgan fingerprint density at radius 1 is 1.46 bits per heavy atom. The number of fused-ring (bicyclic) bond motifs is 1. The third-order valence-electron chi connectivity index (χ3n) is 3.96. The lowest BCUT2D eigenvalue weighted by Gasteiger charge is -2.40. The highest BCUT2D eigenvalue weighted by atomic mass is 15.3. The molecule has 2 atom stereocenters. The van der Waals surface area contributed by atoms with Gasteiger partial charge in [-0.1, -0.05) is 6.42 Å². The minimum atomic E-state index is 0.223. The van der Waals surface area contributed by atoms with E-state index in [0.717, 1.165) is 6.54 Å². The highest BCUT2D eigenvalue weighted by Gasteiger charge is 2.45. The Labute approximate surface area is 80.7 Å². The summed E-state index contributed by atoms with van der Waals surface area (Å²) in [6.07, 6.45) is 5.31. The Morgan fingerprint density at radius 3 is 3.00 bits per heavy atom. The second-order valence-electron chi connectivity index (χ2n) is 4.41. The summed E-state index contributed by atoms with van der Waals surface area (Å²) < 4.78 is 0. The average molecular weight is 183 g/mol. The van der Waals surface area contributed by atoms with Crippen LogP contribution >= 0.6 is 0 Å². The zero-order valence-electron chi connectivity index (χ0n) is 8.55. The van der Waals surface area contributed by atoms with Crippen LogP contribution in [0.5, 0.6) is 0 Å². The molecular weight excluding hydrogens is 162 g/mol. The molecule has 0 spiro atoms. The van der Waals surface area contributed by atoms with Gasteiger partial charge in [-0.15, -0.1) is 0 Å². The number of nitrogens with one attached hydrogen (secondary N) is 1. The number of nitrogens with two attached hydrogens (primary N) is 1. The summed E-state index contributed by atoms with van der Waals surface area (Å²) in [6.45, 7) is 3.31. The first-order valence-corrected chi connectivity index (χ1v) is 5.45. The Kier molecular flexibility index (Phi) is 2.58. The molecule has 0 aromatic carbocycles. The summed E-state index contributed by atoms with van der Waals surface area (Å²) in [5.74, 6) is 0. The molecule has 0 radical (unpaired) electrons. The van der Waals surface area contributed by atoms with E-state index in [1.807, 2.05) is 0 Å². The van der Waals surface area contributed by atoms with Gasteiger partial charge < -0.3 is 11.1 Å². The van der Waals surface area contributed by atoms with Gasteiger partial charge in [-0.25, -0.2) is 0 Å². The summed E-state index contributed by atoms with van der Waals surface area (Å²) in [5, 5.41) is 3.46. The number of hydrogen-bond acceptors (Lipinski definition) is 3. The Bertz CT molecular complexity index is 177. The quantitative estimate of drug-likeness (QED) is 0.641. The van der Waals surface area contributed by atoms with Crippen molar-refractivity contribution < 1.29 is 0 Å². The molecule has 0 saturated carbocycles. The van der Waals surface area contributed by atoms with Gasteiger partial charge in [0.15, 0.2) is 0 Å². The van der Waals surface area contributed by atoms with E-state index in [-0.39, 0.29) is 5.54 Å². The molecule has 0 aromatic heterocycles. The van der Waals surface area contributed by atoms with E-state index < -0.39 is 0 Å². The fourth-order valence-corrected chi connectivity index (χ4v) is 3.03. The SMILES string of the molecule is CNC1(CN)CCN2CCCCC21. The Balaban J connectivity index is 2.13. The van der Waals surface area contributed by atoms with Gasteiger partial charge in [-0.2, -0.15) is 0 Å². The molecule has 0 aromatic rings. The second-order valence-corrected chi connectivity index (χ2v) is 4.41. The summed E-state index contributed by atoms with van der Waals surface area (Å²) >= 11 is 0. The molecule has 13 heavy (non-hydrogen) atoms. The third-order valence-corrected chi connectivity index (χ3v) is 3.96. The van der Waals surface area contributed by atoms with E-state index in [2.05, 4.69) is 17.3 Å². The smallest absolute Gasteiger partial charge is 0.0471 e. The maximum Gasteiger partial charge on any atom is 0.0471 e. The monoisotopic (exact) mass is 183 g/mol. The molecule has 3 heteroatoms. The number of nitrogens with zero attached hydrogens (tertiary/aromatic N) is 1. The first kappa shape index (κ1) is 9.44. The molecule has 2 fully saturated rings. The van der Waals surface area contributed by atoms with Crippen molar-refractivity contribution in [1.29, 1.82) is 0 Å². The summed E-state index contributed by atoms with van der Waals surface area (Å²) in [4.78, 5) is 2.62. The Hall–Kier alpha value is -0.120. The third kappa shape index (κ3) is 1.39. The highest BCUT2D eigenvalue weighted by molar-refractivity contribution is 5.06. The van der Waals surface area contributed by atoms with Crippen molar-refractivity contribution in [2.75, 3.05) is 26.7 Å². The molecule has 76 valence electrons. The van der Waals surface area contributed by atoms with Gasteiger partial charge in [-0.05, 0) is 32.9 Å². The molecule has 0 bridgehead atoms. The minimum absolute atomic E-state index is 0.223. The standard InChI is InChI=1S/C10H21N3/c1-12-10(8-11)5-7-13-6-3-2-4-9(10)13/h9,12H,2-8,11H2,1H3. The van der Waals surface area contributed by atoms with E-state index in [0.29, 0.717) is 6.04 Å². The molecule has 0 amide bonds. The van der Waals surface area contributed by atoms with Crippen LogP contribution < -0.4 is 11.1 Å². The zero-order valence-corrected chi connectivity index (χ0v) is 8.55. The second kappa shape index (κ2) is 3.56. The first-order chi connectivity index (χ1) is 6.32. The Morgan fingerprint density at radius 2 is 2.31 bits per heavy atom. The molecule has 2 aliphatic heterocycles. The molecular formula is C10H21N3. The molecule has 2 heterocycles. The molecule has 2 unspecified atom stereocenters. The lowest BCUT2D eigenvalue weighted by atomic mass is 9.86. The lowest BCUT2D eigenvalue weighted by molar-refractivity contribution is 0.145. The van der Waals surface area contributed by atoms with Gasteiger partial charge in [0.2, 0.25) is 0 Å². The van der Waals surface area contributed by atoms with Crippen LogP contribution in [0.4, 0.5) is 0 Å². The number of piperidine rings is 1. The van der Waals surface area contributed by atoms with Crippen LogP contribution in [0.2, 0.25) is 0 Å². The first-order valence-electron chi connectivity index (χ1n) is 5.45. The van der Waals surface area contributed by atoms with Crippen molar-refractivity contribution in [3.63, 3.8) is 0 Å².